The molecule has 0 radical (unpaired) electrons. The van der Waals surface area contributed by atoms with Crippen molar-refractivity contribution in [2.45, 2.75) is 12.8 Å². The van der Waals surface area contributed by atoms with Gasteiger partial charge in [0.2, 0.25) is 0 Å². The zero-order chi connectivity index (χ0) is 9.97. The Labute approximate surface area is 82.6 Å². The molecule has 1 aromatic rings. The molecule has 0 aliphatic carbocycles. The average Bonchev–Trinajstić information content (AvgIpc) is 2.64. The van der Waals surface area contributed by atoms with E-state index in [0.29, 0.717) is 6.42 Å². The number of aldehydes is 1. The van der Waals surface area contributed by atoms with Crippen molar-refractivity contribution in [2.75, 3.05) is 13.7 Å². The molecule has 0 N–H and O–H groups in total. The van der Waals surface area contributed by atoms with Crippen LogP contribution in [0.15, 0.2) is 12.1 Å². The van der Waals surface area contributed by atoms with Crippen LogP contribution in [0.4, 0.5) is 0 Å². The Bertz CT molecular complexity index is 358. The highest BCUT2D eigenvalue weighted by atomic mass is 16.5. The second kappa shape index (κ2) is 3.70. The molecule has 2 rings (SSSR count). The van der Waals surface area contributed by atoms with Crippen LogP contribution in [0.1, 0.15) is 11.1 Å². The van der Waals surface area contributed by atoms with Crippen LogP contribution in [0.2, 0.25) is 0 Å². The van der Waals surface area contributed by atoms with E-state index in [1.807, 2.05) is 12.1 Å². The van der Waals surface area contributed by atoms with Crippen LogP contribution < -0.4 is 9.47 Å². The molecule has 3 heteroatoms. The molecule has 1 aliphatic rings. The maximum atomic E-state index is 10.5. The topological polar surface area (TPSA) is 35.5 Å². The van der Waals surface area contributed by atoms with Crippen molar-refractivity contribution in [3.8, 4) is 11.5 Å². The van der Waals surface area contributed by atoms with Crippen LogP contribution >= 0.6 is 0 Å². The fraction of sp³-hybridized carbons (Fsp3) is 0.364. The SMILES string of the molecule is COc1cc2c(cc1CC=O)CCO2. The maximum absolute atomic E-state index is 10.5. The van der Waals surface area contributed by atoms with Gasteiger partial charge in [-0.3, -0.25) is 0 Å². The molecule has 0 aromatic heterocycles. The minimum Gasteiger partial charge on any atom is -0.496 e. The molecular weight excluding hydrogens is 180 g/mol. The van der Waals surface area contributed by atoms with Crippen molar-refractivity contribution in [1.82, 2.24) is 0 Å². The van der Waals surface area contributed by atoms with Crippen LogP contribution in [0.3, 0.4) is 0 Å². The van der Waals surface area contributed by atoms with Gasteiger partial charge in [-0.2, -0.15) is 0 Å². The van der Waals surface area contributed by atoms with Crippen molar-refractivity contribution in [1.29, 1.82) is 0 Å². The Kier molecular flexibility index (Phi) is 2.39. The number of carbonyl (C=O) groups is 1. The molecule has 0 bridgehead atoms. The fourth-order valence-corrected chi connectivity index (χ4v) is 1.70. The Hall–Kier alpha value is -1.51. The second-order valence-corrected chi connectivity index (χ2v) is 3.24. The summed E-state index contributed by atoms with van der Waals surface area (Å²) in [5.41, 5.74) is 2.11. The molecule has 1 aromatic carbocycles. The minimum atomic E-state index is 0.399. The van der Waals surface area contributed by atoms with E-state index in [4.69, 9.17) is 9.47 Å². The normalized spacial score (nSPS) is 13.2. The number of carbonyl (C=O) groups excluding carboxylic acids is 1. The summed E-state index contributed by atoms with van der Waals surface area (Å²) in [6, 6.07) is 3.86. The predicted molar refractivity (Wildman–Crippen MR) is 52.0 cm³/mol. The first-order chi connectivity index (χ1) is 6.85. The highest BCUT2D eigenvalue weighted by Crippen LogP contribution is 2.32. The largest absolute Gasteiger partial charge is 0.496 e. The number of hydrogen-bond donors (Lipinski definition) is 0. The molecule has 0 atom stereocenters. The monoisotopic (exact) mass is 192 g/mol. The molecule has 0 unspecified atom stereocenters. The first-order valence-corrected chi connectivity index (χ1v) is 4.61. The molecular formula is C11H12O3. The van der Waals surface area contributed by atoms with E-state index in [0.717, 1.165) is 36.4 Å². The van der Waals surface area contributed by atoms with Gasteiger partial charge in [0.1, 0.15) is 17.8 Å². The Balaban J connectivity index is 2.43. The predicted octanol–water partition coefficient (Wildman–Crippen LogP) is 1.37. The van der Waals surface area contributed by atoms with E-state index in [1.54, 1.807) is 7.11 Å². The Morgan fingerprint density at radius 1 is 1.57 bits per heavy atom. The van der Waals surface area contributed by atoms with E-state index in [1.165, 1.54) is 5.56 Å². The van der Waals surface area contributed by atoms with Crippen LogP contribution in [0.25, 0.3) is 0 Å². The first kappa shape index (κ1) is 9.06. The van der Waals surface area contributed by atoms with Gasteiger partial charge in [-0.15, -0.1) is 0 Å². The summed E-state index contributed by atoms with van der Waals surface area (Å²) in [7, 11) is 1.60. The molecule has 0 amide bonds. The van der Waals surface area contributed by atoms with Gasteiger partial charge < -0.3 is 14.3 Å². The first-order valence-electron chi connectivity index (χ1n) is 4.61. The number of rotatable bonds is 3. The molecule has 14 heavy (non-hydrogen) atoms. The second-order valence-electron chi connectivity index (χ2n) is 3.24. The molecule has 1 heterocycles. The smallest absolute Gasteiger partial charge is 0.126 e. The van der Waals surface area contributed by atoms with Crippen molar-refractivity contribution >= 4 is 6.29 Å². The van der Waals surface area contributed by atoms with Gasteiger partial charge in [-0.05, 0) is 11.6 Å². The lowest BCUT2D eigenvalue weighted by atomic mass is 10.1. The Morgan fingerprint density at radius 2 is 2.43 bits per heavy atom. The number of hydrogen-bond acceptors (Lipinski definition) is 3. The summed E-state index contributed by atoms with van der Waals surface area (Å²) in [5, 5.41) is 0. The van der Waals surface area contributed by atoms with Crippen LogP contribution in [0.5, 0.6) is 11.5 Å². The van der Waals surface area contributed by atoms with Gasteiger partial charge in [0, 0.05) is 24.5 Å². The van der Waals surface area contributed by atoms with Crippen LogP contribution in [0, 0.1) is 0 Å². The van der Waals surface area contributed by atoms with Crippen molar-refractivity contribution in [2.24, 2.45) is 0 Å². The summed E-state index contributed by atoms with van der Waals surface area (Å²) >= 11 is 0. The molecule has 0 fully saturated rings. The van der Waals surface area contributed by atoms with E-state index >= 15 is 0 Å². The minimum absolute atomic E-state index is 0.399. The van der Waals surface area contributed by atoms with Gasteiger partial charge >= 0.3 is 0 Å². The molecule has 0 saturated carbocycles. The van der Waals surface area contributed by atoms with Gasteiger partial charge in [0.15, 0.2) is 0 Å². The molecule has 0 spiro atoms. The summed E-state index contributed by atoms with van der Waals surface area (Å²) < 4.78 is 10.6. The van der Waals surface area contributed by atoms with Crippen molar-refractivity contribution in [3.05, 3.63) is 23.3 Å². The quantitative estimate of drug-likeness (QED) is 0.678. The lowest BCUT2D eigenvalue weighted by Crippen LogP contribution is -1.94. The van der Waals surface area contributed by atoms with Crippen LogP contribution in [-0.4, -0.2) is 20.0 Å². The summed E-state index contributed by atoms with van der Waals surface area (Å²) in [5.74, 6) is 1.62. The lowest BCUT2D eigenvalue weighted by Gasteiger charge is -2.08. The number of methoxy groups -OCH3 is 1. The zero-order valence-corrected chi connectivity index (χ0v) is 8.08. The summed E-state index contributed by atoms with van der Waals surface area (Å²) in [4.78, 5) is 10.5. The molecule has 3 nitrogen and oxygen atoms in total. The molecule has 0 saturated heterocycles. The highest BCUT2D eigenvalue weighted by molar-refractivity contribution is 5.60. The van der Waals surface area contributed by atoms with Gasteiger partial charge in [0.05, 0.1) is 13.7 Å². The fourth-order valence-electron chi connectivity index (χ4n) is 1.70. The summed E-state index contributed by atoms with van der Waals surface area (Å²) in [6.07, 6.45) is 2.21. The third kappa shape index (κ3) is 1.45. The van der Waals surface area contributed by atoms with E-state index < -0.39 is 0 Å². The van der Waals surface area contributed by atoms with Gasteiger partial charge in [-0.1, -0.05) is 0 Å². The Morgan fingerprint density at radius 3 is 3.14 bits per heavy atom. The zero-order valence-electron chi connectivity index (χ0n) is 8.08. The molecule has 1 aliphatic heterocycles. The van der Waals surface area contributed by atoms with Crippen molar-refractivity contribution < 1.29 is 14.3 Å². The van der Waals surface area contributed by atoms with E-state index in [-0.39, 0.29) is 0 Å². The maximum Gasteiger partial charge on any atom is 0.126 e. The van der Waals surface area contributed by atoms with Gasteiger partial charge in [0.25, 0.3) is 0 Å². The van der Waals surface area contributed by atoms with Crippen LogP contribution in [-0.2, 0) is 17.6 Å². The third-order valence-electron chi connectivity index (χ3n) is 2.40. The highest BCUT2D eigenvalue weighted by Gasteiger charge is 2.15. The van der Waals surface area contributed by atoms with Gasteiger partial charge in [-0.25, -0.2) is 0 Å². The number of ether oxygens (including phenoxy) is 2. The van der Waals surface area contributed by atoms with E-state index in [2.05, 4.69) is 0 Å². The van der Waals surface area contributed by atoms with E-state index in [9.17, 15) is 4.79 Å². The summed E-state index contributed by atoms with van der Waals surface area (Å²) in [6.45, 7) is 0.725. The third-order valence-corrected chi connectivity index (χ3v) is 2.40. The average molecular weight is 192 g/mol. The lowest BCUT2D eigenvalue weighted by molar-refractivity contribution is -0.107. The number of fused-ring (bicyclic) bond motifs is 1. The van der Waals surface area contributed by atoms with Crippen molar-refractivity contribution in [3.63, 3.8) is 0 Å². The standard InChI is InChI=1S/C11H12O3/c1-13-10-7-11-9(3-5-14-11)6-8(10)2-4-12/h4,6-7H,2-3,5H2,1H3. The number of benzene rings is 1. The molecule has 74 valence electrons.